The fourth-order valence-electron chi connectivity index (χ4n) is 2.90. The number of hydrogen-bond acceptors (Lipinski definition) is 4. The summed E-state index contributed by atoms with van der Waals surface area (Å²) in [6.07, 6.45) is 2.05. The lowest BCUT2D eigenvalue weighted by atomic mass is 10.1. The van der Waals surface area contributed by atoms with Crippen molar-refractivity contribution < 1.29 is 14.3 Å². The van der Waals surface area contributed by atoms with E-state index in [1.54, 1.807) is 7.11 Å². The van der Waals surface area contributed by atoms with Gasteiger partial charge in [0.15, 0.2) is 6.61 Å². The zero-order valence-electron chi connectivity index (χ0n) is 14.5. The Bertz CT molecular complexity index is 665. The quantitative estimate of drug-likeness (QED) is 0.875. The molecule has 1 aliphatic rings. The average molecular weight is 340 g/mol. The van der Waals surface area contributed by atoms with Gasteiger partial charge in [0.2, 0.25) is 0 Å². The zero-order chi connectivity index (χ0) is 17.5. The van der Waals surface area contributed by atoms with Crippen LogP contribution in [0.4, 0.5) is 11.4 Å². The summed E-state index contributed by atoms with van der Waals surface area (Å²) >= 11 is 0. The van der Waals surface area contributed by atoms with Gasteiger partial charge in [-0.05, 0) is 49.2 Å². The molecule has 5 nitrogen and oxygen atoms in total. The number of amides is 1. The molecular weight excluding hydrogens is 316 g/mol. The van der Waals surface area contributed by atoms with Crippen LogP contribution in [0.3, 0.4) is 0 Å². The molecule has 0 bridgehead atoms. The van der Waals surface area contributed by atoms with Gasteiger partial charge in [0.25, 0.3) is 5.91 Å². The van der Waals surface area contributed by atoms with Crippen molar-refractivity contribution in [3.05, 3.63) is 54.6 Å². The number of likely N-dealkylation sites (tertiary alicyclic amines) is 1. The summed E-state index contributed by atoms with van der Waals surface area (Å²) in [6.45, 7) is 1.55. The van der Waals surface area contributed by atoms with Crippen LogP contribution in [0.5, 0.6) is 5.75 Å². The smallest absolute Gasteiger partial charge is 0.260 e. The lowest BCUT2D eigenvalue weighted by molar-refractivity contribution is -0.135. The first-order valence-corrected chi connectivity index (χ1v) is 8.60. The molecule has 132 valence electrons. The Morgan fingerprint density at radius 1 is 1.04 bits per heavy atom. The molecule has 1 saturated heterocycles. The SMILES string of the molecule is COC1CCN(C(=O)COc2ccc(Nc3ccccc3)cc2)CC1. The second kappa shape index (κ2) is 8.53. The van der Waals surface area contributed by atoms with Crippen LogP contribution in [-0.2, 0) is 9.53 Å². The van der Waals surface area contributed by atoms with E-state index < -0.39 is 0 Å². The number of rotatable bonds is 6. The Kier molecular flexibility index (Phi) is 5.90. The molecule has 1 aliphatic heterocycles. The number of carbonyl (C=O) groups is 1. The number of ether oxygens (including phenoxy) is 2. The maximum absolute atomic E-state index is 12.2. The Balaban J connectivity index is 1.46. The predicted molar refractivity (Wildman–Crippen MR) is 98.3 cm³/mol. The Morgan fingerprint density at radius 2 is 1.68 bits per heavy atom. The van der Waals surface area contributed by atoms with Gasteiger partial charge in [-0.3, -0.25) is 4.79 Å². The van der Waals surface area contributed by atoms with E-state index in [1.165, 1.54) is 0 Å². The molecule has 2 aromatic rings. The first-order valence-electron chi connectivity index (χ1n) is 8.60. The minimum Gasteiger partial charge on any atom is -0.484 e. The number of methoxy groups -OCH3 is 1. The summed E-state index contributed by atoms with van der Waals surface area (Å²) in [6, 6.07) is 17.6. The van der Waals surface area contributed by atoms with Gasteiger partial charge in [0.1, 0.15) is 5.75 Å². The lowest BCUT2D eigenvalue weighted by Crippen LogP contribution is -2.42. The van der Waals surface area contributed by atoms with Crippen LogP contribution >= 0.6 is 0 Å². The number of anilines is 2. The van der Waals surface area contributed by atoms with E-state index >= 15 is 0 Å². The lowest BCUT2D eigenvalue weighted by Gasteiger charge is -2.31. The number of nitrogens with zero attached hydrogens (tertiary/aromatic N) is 1. The summed E-state index contributed by atoms with van der Waals surface area (Å²) in [7, 11) is 1.72. The van der Waals surface area contributed by atoms with Crippen molar-refractivity contribution in [3.63, 3.8) is 0 Å². The van der Waals surface area contributed by atoms with E-state index in [2.05, 4.69) is 5.32 Å². The van der Waals surface area contributed by atoms with Crippen LogP contribution in [0, 0.1) is 0 Å². The van der Waals surface area contributed by atoms with Gasteiger partial charge in [0.05, 0.1) is 6.10 Å². The number of carbonyl (C=O) groups excluding carboxylic acids is 1. The summed E-state index contributed by atoms with van der Waals surface area (Å²) in [5, 5.41) is 3.31. The molecule has 1 N–H and O–H groups in total. The summed E-state index contributed by atoms with van der Waals surface area (Å²) in [5.74, 6) is 0.722. The molecular formula is C20H24N2O3. The van der Waals surface area contributed by atoms with Crippen LogP contribution in [0.25, 0.3) is 0 Å². The molecule has 0 aromatic heterocycles. The highest BCUT2D eigenvalue weighted by molar-refractivity contribution is 5.77. The molecule has 2 aromatic carbocycles. The van der Waals surface area contributed by atoms with Gasteiger partial charge in [-0.2, -0.15) is 0 Å². The summed E-state index contributed by atoms with van der Waals surface area (Å²) < 4.78 is 11.0. The Morgan fingerprint density at radius 3 is 2.32 bits per heavy atom. The second-order valence-electron chi connectivity index (χ2n) is 6.12. The molecule has 1 amide bonds. The van der Waals surface area contributed by atoms with E-state index in [-0.39, 0.29) is 18.6 Å². The largest absolute Gasteiger partial charge is 0.484 e. The number of para-hydroxylation sites is 1. The van der Waals surface area contributed by atoms with E-state index in [9.17, 15) is 4.79 Å². The van der Waals surface area contributed by atoms with E-state index in [1.807, 2.05) is 59.5 Å². The highest BCUT2D eigenvalue weighted by Crippen LogP contribution is 2.20. The molecule has 5 heteroatoms. The van der Waals surface area contributed by atoms with Crippen molar-refractivity contribution in [2.75, 3.05) is 32.1 Å². The molecule has 0 spiro atoms. The number of piperidine rings is 1. The minimum absolute atomic E-state index is 0.0287. The third-order valence-electron chi connectivity index (χ3n) is 4.41. The average Bonchev–Trinajstić information content (AvgIpc) is 2.68. The summed E-state index contributed by atoms with van der Waals surface area (Å²) in [5.41, 5.74) is 2.01. The molecule has 0 atom stereocenters. The van der Waals surface area contributed by atoms with Gasteiger partial charge >= 0.3 is 0 Å². The molecule has 25 heavy (non-hydrogen) atoms. The van der Waals surface area contributed by atoms with Gasteiger partial charge in [0, 0.05) is 31.6 Å². The standard InChI is InChI=1S/C20H24N2O3/c1-24-18-11-13-22(14-12-18)20(23)15-25-19-9-7-17(8-10-19)21-16-5-3-2-4-6-16/h2-10,18,21H,11-15H2,1H3. The molecule has 0 unspecified atom stereocenters. The zero-order valence-corrected chi connectivity index (χ0v) is 14.5. The van der Waals surface area contributed by atoms with Crippen molar-refractivity contribution in [1.29, 1.82) is 0 Å². The topological polar surface area (TPSA) is 50.8 Å². The number of hydrogen-bond donors (Lipinski definition) is 1. The van der Waals surface area contributed by atoms with E-state index in [0.717, 1.165) is 37.3 Å². The van der Waals surface area contributed by atoms with Crippen LogP contribution in [0.15, 0.2) is 54.6 Å². The highest BCUT2D eigenvalue weighted by atomic mass is 16.5. The van der Waals surface area contributed by atoms with Crippen LogP contribution in [-0.4, -0.2) is 43.7 Å². The molecule has 0 saturated carbocycles. The van der Waals surface area contributed by atoms with E-state index in [4.69, 9.17) is 9.47 Å². The third-order valence-corrected chi connectivity index (χ3v) is 4.41. The van der Waals surface area contributed by atoms with Crippen molar-refractivity contribution >= 4 is 17.3 Å². The summed E-state index contributed by atoms with van der Waals surface area (Å²) in [4.78, 5) is 14.1. The fourth-order valence-corrected chi connectivity index (χ4v) is 2.90. The Hall–Kier alpha value is -2.53. The van der Waals surface area contributed by atoms with Crippen LogP contribution in [0.2, 0.25) is 0 Å². The van der Waals surface area contributed by atoms with Crippen molar-refractivity contribution in [2.24, 2.45) is 0 Å². The van der Waals surface area contributed by atoms with Gasteiger partial charge < -0.3 is 19.7 Å². The fraction of sp³-hybridized carbons (Fsp3) is 0.350. The molecule has 0 radical (unpaired) electrons. The van der Waals surface area contributed by atoms with Crippen molar-refractivity contribution in [2.45, 2.75) is 18.9 Å². The minimum atomic E-state index is 0.0287. The van der Waals surface area contributed by atoms with Gasteiger partial charge in [-0.25, -0.2) is 0 Å². The third kappa shape index (κ3) is 4.97. The maximum atomic E-state index is 12.2. The number of nitrogens with one attached hydrogen (secondary N) is 1. The van der Waals surface area contributed by atoms with Crippen LogP contribution < -0.4 is 10.1 Å². The van der Waals surface area contributed by atoms with E-state index in [0.29, 0.717) is 5.75 Å². The molecule has 1 heterocycles. The molecule has 0 aliphatic carbocycles. The highest BCUT2D eigenvalue weighted by Gasteiger charge is 2.22. The molecule has 3 rings (SSSR count). The first kappa shape index (κ1) is 17.3. The van der Waals surface area contributed by atoms with Crippen LogP contribution in [0.1, 0.15) is 12.8 Å². The van der Waals surface area contributed by atoms with Crippen molar-refractivity contribution in [1.82, 2.24) is 4.90 Å². The number of benzene rings is 2. The van der Waals surface area contributed by atoms with Crippen molar-refractivity contribution in [3.8, 4) is 5.75 Å². The predicted octanol–water partition coefficient (Wildman–Crippen LogP) is 3.45. The Labute approximate surface area is 148 Å². The van der Waals surface area contributed by atoms with Gasteiger partial charge in [-0.15, -0.1) is 0 Å². The monoisotopic (exact) mass is 340 g/mol. The molecule has 1 fully saturated rings. The first-order chi connectivity index (χ1) is 12.2. The second-order valence-corrected chi connectivity index (χ2v) is 6.12. The van der Waals surface area contributed by atoms with Gasteiger partial charge in [-0.1, -0.05) is 18.2 Å². The normalized spacial score (nSPS) is 15.0. The maximum Gasteiger partial charge on any atom is 0.260 e.